The van der Waals surface area contributed by atoms with Crippen molar-refractivity contribution >= 4 is 32.6 Å². The molecule has 0 fully saturated rings. The van der Waals surface area contributed by atoms with E-state index in [0.717, 1.165) is 0 Å². The van der Waals surface area contributed by atoms with Gasteiger partial charge in [-0.25, -0.2) is 0 Å². The monoisotopic (exact) mass is 456 g/mol. The molecule has 0 aromatic carbocycles. The fourth-order valence-electron chi connectivity index (χ4n) is 3.07. The minimum absolute atomic E-state index is 0. The molecular formula is C21H46IP. The maximum Gasteiger partial charge on any atom is -0.0353 e. The van der Waals surface area contributed by atoms with Crippen LogP contribution in [0.3, 0.4) is 0 Å². The molecule has 0 radical (unpaired) electrons. The quantitative estimate of drug-likeness (QED) is 0.103. The summed E-state index contributed by atoms with van der Waals surface area (Å²) in [7, 11) is 1.25. The standard InChI is InChI=1S/C21H45P.HI/c1-3-5-7-9-10-11-12-13-14-15-16-17-19-21-22-20-18-8-6-4-2;/h22H,3-21H2,1-2H3;1H. The van der Waals surface area contributed by atoms with Crippen LogP contribution in [0.4, 0.5) is 0 Å². The van der Waals surface area contributed by atoms with Gasteiger partial charge in [-0.05, 0) is 25.2 Å². The Morgan fingerprint density at radius 2 is 0.652 bits per heavy atom. The van der Waals surface area contributed by atoms with Crippen LogP contribution in [0.5, 0.6) is 0 Å². The van der Waals surface area contributed by atoms with E-state index in [2.05, 4.69) is 13.8 Å². The molecule has 23 heavy (non-hydrogen) atoms. The van der Waals surface area contributed by atoms with E-state index in [1.165, 1.54) is 130 Å². The van der Waals surface area contributed by atoms with Crippen LogP contribution in [0.25, 0.3) is 0 Å². The third kappa shape index (κ3) is 25.5. The van der Waals surface area contributed by atoms with Crippen LogP contribution in [0.1, 0.15) is 123 Å². The van der Waals surface area contributed by atoms with Gasteiger partial charge in [-0.1, -0.05) is 110 Å². The average Bonchev–Trinajstić information content (AvgIpc) is 2.54. The van der Waals surface area contributed by atoms with Crippen LogP contribution in [-0.4, -0.2) is 12.3 Å². The van der Waals surface area contributed by atoms with E-state index < -0.39 is 0 Å². The molecule has 0 spiro atoms. The second kappa shape index (κ2) is 25.4. The molecule has 0 saturated carbocycles. The lowest BCUT2D eigenvalue weighted by molar-refractivity contribution is 0.543. The molecule has 0 aliphatic rings. The summed E-state index contributed by atoms with van der Waals surface area (Å²) in [6, 6.07) is 0. The summed E-state index contributed by atoms with van der Waals surface area (Å²) < 4.78 is 0. The van der Waals surface area contributed by atoms with Gasteiger partial charge in [0.05, 0.1) is 0 Å². The molecule has 142 valence electrons. The van der Waals surface area contributed by atoms with Crippen molar-refractivity contribution in [2.24, 2.45) is 0 Å². The number of rotatable bonds is 19. The first-order valence-corrected chi connectivity index (χ1v) is 12.0. The zero-order valence-corrected chi connectivity index (χ0v) is 19.7. The largest absolute Gasteiger partial charge is 0.122 e. The average molecular weight is 456 g/mol. The topological polar surface area (TPSA) is 0 Å². The predicted octanol–water partition coefficient (Wildman–Crippen LogP) is 8.95. The van der Waals surface area contributed by atoms with Crippen LogP contribution in [0, 0.1) is 0 Å². The third-order valence-corrected chi connectivity index (χ3v) is 6.08. The minimum atomic E-state index is 0. The maximum absolute atomic E-state index is 2.30. The minimum Gasteiger partial charge on any atom is -0.122 e. The highest BCUT2D eigenvalue weighted by molar-refractivity contribution is 14.0. The lowest BCUT2D eigenvalue weighted by atomic mass is 10.1. The highest BCUT2D eigenvalue weighted by Crippen LogP contribution is 2.18. The van der Waals surface area contributed by atoms with Crippen LogP contribution < -0.4 is 0 Å². The SMILES string of the molecule is CCCCCCCCCCCCCCCPCCCCCC.I. The Balaban J connectivity index is 0. The molecule has 0 rings (SSSR count). The maximum atomic E-state index is 2.30. The lowest BCUT2D eigenvalue weighted by Gasteiger charge is -2.04. The second-order valence-corrected chi connectivity index (χ2v) is 8.55. The molecular weight excluding hydrogens is 410 g/mol. The van der Waals surface area contributed by atoms with Gasteiger partial charge in [0.2, 0.25) is 0 Å². The van der Waals surface area contributed by atoms with Gasteiger partial charge < -0.3 is 0 Å². The first-order valence-electron chi connectivity index (χ1n) is 10.6. The zero-order chi connectivity index (χ0) is 16.1. The van der Waals surface area contributed by atoms with Gasteiger partial charge in [-0.15, -0.1) is 32.6 Å². The molecule has 1 atom stereocenters. The molecule has 1 unspecified atom stereocenters. The van der Waals surface area contributed by atoms with Gasteiger partial charge >= 0.3 is 0 Å². The summed E-state index contributed by atoms with van der Waals surface area (Å²) >= 11 is 0. The molecule has 0 aromatic rings. The summed E-state index contributed by atoms with van der Waals surface area (Å²) in [6.45, 7) is 4.60. The summed E-state index contributed by atoms with van der Waals surface area (Å²) in [6.07, 6.45) is 28.0. The predicted molar refractivity (Wildman–Crippen MR) is 123 cm³/mol. The van der Waals surface area contributed by atoms with E-state index in [1.54, 1.807) is 0 Å². The first-order chi connectivity index (χ1) is 10.9. The highest BCUT2D eigenvalue weighted by Gasteiger charge is 1.94. The number of halogens is 1. The molecule has 0 amide bonds. The normalized spacial score (nSPS) is 11.2. The molecule has 0 bridgehead atoms. The van der Waals surface area contributed by atoms with Crippen molar-refractivity contribution < 1.29 is 0 Å². The van der Waals surface area contributed by atoms with Crippen LogP contribution >= 0.6 is 32.6 Å². The molecule has 2 heteroatoms. The molecule has 0 aliphatic carbocycles. The van der Waals surface area contributed by atoms with Crippen molar-refractivity contribution in [2.75, 3.05) is 12.3 Å². The fourth-order valence-corrected chi connectivity index (χ4v) is 4.32. The Morgan fingerprint density at radius 1 is 0.391 bits per heavy atom. The van der Waals surface area contributed by atoms with Gasteiger partial charge in [0.15, 0.2) is 0 Å². The van der Waals surface area contributed by atoms with Gasteiger partial charge in [0, 0.05) is 0 Å². The lowest BCUT2D eigenvalue weighted by Crippen LogP contribution is -1.85. The van der Waals surface area contributed by atoms with Crippen LogP contribution in [0.15, 0.2) is 0 Å². The van der Waals surface area contributed by atoms with E-state index >= 15 is 0 Å². The summed E-state index contributed by atoms with van der Waals surface area (Å²) in [5.74, 6) is 0. The molecule has 0 nitrogen and oxygen atoms in total. The Morgan fingerprint density at radius 3 is 1.00 bits per heavy atom. The van der Waals surface area contributed by atoms with E-state index in [1.807, 2.05) is 0 Å². The van der Waals surface area contributed by atoms with Crippen molar-refractivity contribution in [1.29, 1.82) is 0 Å². The summed E-state index contributed by atoms with van der Waals surface area (Å²) in [5, 5.41) is 0. The van der Waals surface area contributed by atoms with Gasteiger partial charge in [-0.2, -0.15) is 0 Å². The van der Waals surface area contributed by atoms with Crippen molar-refractivity contribution in [3.63, 3.8) is 0 Å². The Kier molecular flexibility index (Phi) is 29.1. The number of hydrogen-bond donors (Lipinski definition) is 0. The first kappa shape index (κ1) is 26.4. The van der Waals surface area contributed by atoms with Gasteiger partial charge in [0.1, 0.15) is 0 Å². The van der Waals surface area contributed by atoms with E-state index in [0.29, 0.717) is 0 Å². The Labute approximate surface area is 167 Å². The molecule has 0 heterocycles. The smallest absolute Gasteiger partial charge is 0.0353 e. The van der Waals surface area contributed by atoms with Gasteiger partial charge in [-0.3, -0.25) is 0 Å². The molecule has 0 aromatic heterocycles. The van der Waals surface area contributed by atoms with Gasteiger partial charge in [0.25, 0.3) is 0 Å². The van der Waals surface area contributed by atoms with Crippen LogP contribution in [0.2, 0.25) is 0 Å². The highest BCUT2D eigenvalue weighted by atomic mass is 127. The molecule has 0 saturated heterocycles. The second-order valence-electron chi connectivity index (χ2n) is 7.05. The van der Waals surface area contributed by atoms with Crippen molar-refractivity contribution in [3.05, 3.63) is 0 Å². The van der Waals surface area contributed by atoms with Crippen molar-refractivity contribution in [2.45, 2.75) is 123 Å². The number of hydrogen-bond acceptors (Lipinski definition) is 0. The number of unbranched alkanes of at least 4 members (excludes halogenated alkanes) is 15. The fraction of sp³-hybridized carbons (Fsp3) is 1.00. The third-order valence-electron chi connectivity index (χ3n) is 4.66. The zero-order valence-electron chi connectivity index (χ0n) is 16.3. The van der Waals surface area contributed by atoms with Crippen molar-refractivity contribution in [3.8, 4) is 0 Å². The summed E-state index contributed by atoms with van der Waals surface area (Å²) in [4.78, 5) is 0. The Hall–Kier alpha value is 1.16. The summed E-state index contributed by atoms with van der Waals surface area (Å²) in [5.41, 5.74) is 0. The van der Waals surface area contributed by atoms with Crippen LogP contribution in [-0.2, 0) is 0 Å². The molecule has 0 aliphatic heterocycles. The molecule has 0 N–H and O–H groups in total. The van der Waals surface area contributed by atoms with E-state index in [4.69, 9.17) is 0 Å². The Bertz CT molecular complexity index is 165. The van der Waals surface area contributed by atoms with Crippen molar-refractivity contribution in [1.82, 2.24) is 0 Å². The van der Waals surface area contributed by atoms with E-state index in [-0.39, 0.29) is 24.0 Å². The van der Waals surface area contributed by atoms with E-state index in [9.17, 15) is 0 Å².